The van der Waals surface area contributed by atoms with Crippen molar-refractivity contribution >= 4 is 0 Å². The van der Waals surface area contributed by atoms with Crippen LogP contribution in [0, 0.1) is 12.7 Å². The lowest BCUT2D eigenvalue weighted by Crippen LogP contribution is -2.43. The Morgan fingerprint density at radius 3 is 2.30 bits per heavy atom. The zero-order valence-corrected chi connectivity index (χ0v) is 16.0. The smallest absolute Gasteiger partial charge is 0.322 e. The molecule has 9 heteroatoms. The van der Waals surface area contributed by atoms with E-state index in [-0.39, 0.29) is 12.2 Å². The average molecular weight is 421 g/mol. The minimum absolute atomic E-state index is 0.117. The van der Waals surface area contributed by atoms with Crippen LogP contribution in [0.5, 0.6) is 0 Å². The van der Waals surface area contributed by atoms with Crippen LogP contribution >= 0.6 is 0 Å². The second-order valence-electron chi connectivity index (χ2n) is 6.88. The molecule has 0 saturated carbocycles. The zero-order chi connectivity index (χ0) is 22.1. The van der Waals surface area contributed by atoms with Gasteiger partial charge in [0.05, 0.1) is 18.7 Å². The highest BCUT2D eigenvalue weighted by Gasteiger charge is 2.34. The molecule has 158 valence electrons. The molecule has 5 nitrogen and oxygen atoms in total. The SMILES string of the molecule is Cc1cc(=O)n(C[C@@H](N)c2ccccc2)c(=O)n1Cc1c(F)cccc1C(F)(F)F. The Labute approximate surface area is 169 Å². The van der Waals surface area contributed by atoms with E-state index in [0.29, 0.717) is 5.56 Å². The average Bonchev–Trinajstić information content (AvgIpc) is 2.69. The summed E-state index contributed by atoms with van der Waals surface area (Å²) in [6.45, 7) is 0.552. The molecule has 0 radical (unpaired) electrons. The van der Waals surface area contributed by atoms with Gasteiger partial charge >= 0.3 is 11.9 Å². The van der Waals surface area contributed by atoms with Gasteiger partial charge in [-0.05, 0) is 24.6 Å². The molecule has 0 saturated heterocycles. The van der Waals surface area contributed by atoms with Gasteiger partial charge in [-0.3, -0.25) is 13.9 Å². The Morgan fingerprint density at radius 1 is 1.00 bits per heavy atom. The van der Waals surface area contributed by atoms with Crippen LogP contribution in [0.15, 0.2) is 64.2 Å². The van der Waals surface area contributed by atoms with Gasteiger partial charge in [-0.1, -0.05) is 36.4 Å². The first kappa shape index (κ1) is 21.5. The Kier molecular flexibility index (Phi) is 5.93. The number of halogens is 4. The fourth-order valence-electron chi connectivity index (χ4n) is 3.23. The van der Waals surface area contributed by atoms with Crippen LogP contribution in [0.4, 0.5) is 17.6 Å². The molecule has 30 heavy (non-hydrogen) atoms. The second kappa shape index (κ2) is 8.27. The van der Waals surface area contributed by atoms with Crippen molar-refractivity contribution in [3.05, 3.63) is 104 Å². The Hall–Kier alpha value is -3.20. The number of alkyl halides is 3. The van der Waals surface area contributed by atoms with E-state index >= 15 is 0 Å². The number of aryl methyl sites for hydroxylation is 1. The number of benzene rings is 2. The number of hydrogen-bond acceptors (Lipinski definition) is 3. The lowest BCUT2D eigenvalue weighted by Gasteiger charge is -2.19. The standard InChI is InChI=1S/C21H19F4N3O2/c1-13-10-19(29)28(12-18(26)14-6-3-2-4-7-14)20(30)27(13)11-15-16(21(23,24)25)8-5-9-17(15)22/h2-10,18H,11-12,26H2,1H3/t18-/m1/s1. The summed E-state index contributed by atoms with van der Waals surface area (Å²) < 4.78 is 55.9. The van der Waals surface area contributed by atoms with Crippen LogP contribution in [0.3, 0.4) is 0 Å². The van der Waals surface area contributed by atoms with Crippen molar-refractivity contribution in [2.75, 3.05) is 0 Å². The van der Waals surface area contributed by atoms with Crippen LogP contribution in [0.25, 0.3) is 0 Å². The van der Waals surface area contributed by atoms with E-state index in [2.05, 4.69) is 0 Å². The molecular weight excluding hydrogens is 402 g/mol. The number of rotatable bonds is 5. The summed E-state index contributed by atoms with van der Waals surface area (Å²) in [7, 11) is 0. The molecule has 0 amide bonds. The predicted molar refractivity (Wildman–Crippen MR) is 104 cm³/mol. The van der Waals surface area contributed by atoms with Gasteiger partial charge < -0.3 is 5.73 Å². The maximum atomic E-state index is 14.2. The topological polar surface area (TPSA) is 70.0 Å². The molecule has 3 aromatic rings. The van der Waals surface area contributed by atoms with Crippen molar-refractivity contribution in [3.8, 4) is 0 Å². The molecule has 3 rings (SSSR count). The van der Waals surface area contributed by atoms with Crippen LogP contribution in [0.1, 0.15) is 28.4 Å². The first-order valence-electron chi connectivity index (χ1n) is 9.06. The molecule has 1 aromatic heterocycles. The van der Waals surface area contributed by atoms with E-state index in [4.69, 9.17) is 5.73 Å². The van der Waals surface area contributed by atoms with Crippen molar-refractivity contribution in [2.24, 2.45) is 5.73 Å². The van der Waals surface area contributed by atoms with Crippen molar-refractivity contribution in [2.45, 2.75) is 32.2 Å². The maximum Gasteiger partial charge on any atom is 0.416 e. The number of nitrogens with zero attached hydrogens (tertiary/aromatic N) is 2. The molecule has 0 unspecified atom stereocenters. The number of aromatic nitrogens is 2. The van der Waals surface area contributed by atoms with Crippen LogP contribution in [-0.2, 0) is 19.3 Å². The summed E-state index contributed by atoms with van der Waals surface area (Å²) in [5.74, 6) is -1.09. The van der Waals surface area contributed by atoms with E-state index in [0.717, 1.165) is 33.4 Å². The predicted octanol–water partition coefficient (Wildman–Crippen LogP) is 3.22. The second-order valence-corrected chi connectivity index (χ2v) is 6.88. The molecule has 0 aliphatic rings. The third kappa shape index (κ3) is 4.35. The van der Waals surface area contributed by atoms with Gasteiger partial charge in [0, 0.05) is 23.4 Å². The molecule has 0 bridgehead atoms. The fraction of sp³-hybridized carbons (Fsp3) is 0.238. The monoisotopic (exact) mass is 421 g/mol. The fourth-order valence-corrected chi connectivity index (χ4v) is 3.23. The van der Waals surface area contributed by atoms with Crippen LogP contribution in [-0.4, -0.2) is 9.13 Å². The first-order valence-corrected chi connectivity index (χ1v) is 9.06. The molecule has 1 atom stereocenters. The van der Waals surface area contributed by atoms with Gasteiger partial charge in [0.15, 0.2) is 0 Å². The van der Waals surface area contributed by atoms with E-state index < -0.39 is 47.0 Å². The van der Waals surface area contributed by atoms with E-state index in [1.54, 1.807) is 30.3 Å². The van der Waals surface area contributed by atoms with Gasteiger partial charge in [-0.2, -0.15) is 13.2 Å². The lowest BCUT2D eigenvalue weighted by molar-refractivity contribution is -0.138. The highest BCUT2D eigenvalue weighted by molar-refractivity contribution is 5.31. The Bertz CT molecular complexity index is 1170. The third-order valence-electron chi connectivity index (χ3n) is 4.83. The van der Waals surface area contributed by atoms with Gasteiger partial charge in [-0.25, -0.2) is 9.18 Å². The van der Waals surface area contributed by atoms with Crippen molar-refractivity contribution < 1.29 is 17.6 Å². The van der Waals surface area contributed by atoms with Crippen molar-refractivity contribution in [3.63, 3.8) is 0 Å². The van der Waals surface area contributed by atoms with Crippen LogP contribution < -0.4 is 17.0 Å². The summed E-state index contributed by atoms with van der Waals surface area (Å²) in [4.78, 5) is 25.3. The summed E-state index contributed by atoms with van der Waals surface area (Å²) in [5.41, 5.74) is 3.56. The van der Waals surface area contributed by atoms with Crippen molar-refractivity contribution in [1.29, 1.82) is 0 Å². The highest BCUT2D eigenvalue weighted by atomic mass is 19.4. The molecule has 1 heterocycles. The quantitative estimate of drug-likeness (QED) is 0.643. The van der Waals surface area contributed by atoms with Gasteiger partial charge in [0.25, 0.3) is 5.56 Å². The van der Waals surface area contributed by atoms with Crippen molar-refractivity contribution in [1.82, 2.24) is 9.13 Å². The molecule has 0 aliphatic heterocycles. The lowest BCUT2D eigenvalue weighted by atomic mass is 10.1. The Morgan fingerprint density at radius 2 is 1.67 bits per heavy atom. The first-order chi connectivity index (χ1) is 14.1. The summed E-state index contributed by atoms with van der Waals surface area (Å²) >= 11 is 0. The van der Waals surface area contributed by atoms with Crippen LogP contribution in [0.2, 0.25) is 0 Å². The molecular formula is C21H19F4N3O2. The van der Waals surface area contributed by atoms with Gasteiger partial charge in [0.1, 0.15) is 5.82 Å². The van der Waals surface area contributed by atoms with E-state index in [9.17, 15) is 27.2 Å². The largest absolute Gasteiger partial charge is 0.416 e. The maximum absolute atomic E-state index is 14.2. The molecule has 2 aromatic carbocycles. The van der Waals surface area contributed by atoms with E-state index in [1.165, 1.54) is 6.92 Å². The number of hydrogen-bond donors (Lipinski definition) is 1. The molecule has 0 spiro atoms. The van der Waals surface area contributed by atoms with E-state index in [1.807, 2.05) is 0 Å². The minimum Gasteiger partial charge on any atom is -0.322 e. The summed E-state index contributed by atoms with van der Waals surface area (Å²) in [5, 5.41) is 0. The van der Waals surface area contributed by atoms with Gasteiger partial charge in [-0.15, -0.1) is 0 Å². The zero-order valence-electron chi connectivity index (χ0n) is 16.0. The minimum atomic E-state index is -4.79. The molecule has 0 fully saturated rings. The number of nitrogens with two attached hydrogens (primary N) is 1. The molecule has 0 aliphatic carbocycles. The molecule has 2 N–H and O–H groups in total. The van der Waals surface area contributed by atoms with Gasteiger partial charge in [0.2, 0.25) is 0 Å². The summed E-state index contributed by atoms with van der Waals surface area (Å²) in [6, 6.07) is 11.8. The Balaban J connectivity index is 2.06. The summed E-state index contributed by atoms with van der Waals surface area (Å²) in [6.07, 6.45) is -4.79. The normalized spacial score (nSPS) is 12.7. The third-order valence-corrected chi connectivity index (χ3v) is 4.83. The highest BCUT2D eigenvalue weighted by Crippen LogP contribution is 2.33.